The smallest absolute Gasteiger partial charge is 0.225 e. The van der Waals surface area contributed by atoms with E-state index in [0.717, 1.165) is 52.1 Å². The number of aromatic nitrogens is 4. The number of carbonyl (C=O) groups is 1. The third-order valence-corrected chi connectivity index (χ3v) is 6.84. The third kappa shape index (κ3) is 4.82. The van der Waals surface area contributed by atoms with Crippen LogP contribution in [0.25, 0.3) is 22.2 Å². The number of amides is 1. The second kappa shape index (κ2) is 9.74. The van der Waals surface area contributed by atoms with Gasteiger partial charge in [0.25, 0.3) is 0 Å². The first-order valence-electron chi connectivity index (χ1n) is 12.1. The van der Waals surface area contributed by atoms with Crippen LogP contribution in [0.15, 0.2) is 54.6 Å². The maximum absolute atomic E-state index is 13.0. The minimum Gasteiger partial charge on any atom is -0.357 e. The Labute approximate surface area is 205 Å². The number of benzene rings is 2. The summed E-state index contributed by atoms with van der Waals surface area (Å²) in [5.74, 6) is 1.39. The molecule has 1 amide bonds. The van der Waals surface area contributed by atoms with E-state index in [1.807, 2.05) is 50.4 Å². The molecule has 2 aromatic carbocycles. The summed E-state index contributed by atoms with van der Waals surface area (Å²) in [6.07, 6.45) is 1.79. The van der Waals surface area contributed by atoms with Crippen molar-refractivity contribution in [1.82, 2.24) is 25.5 Å². The molecule has 180 valence electrons. The van der Waals surface area contributed by atoms with E-state index in [-0.39, 0.29) is 17.9 Å². The summed E-state index contributed by atoms with van der Waals surface area (Å²) in [6.45, 7) is 5.35. The highest BCUT2D eigenvalue weighted by molar-refractivity contribution is 5.86. The molecule has 1 fully saturated rings. The fourth-order valence-corrected chi connectivity index (χ4v) is 4.73. The number of nitrogens with zero attached hydrogens (tertiary/aromatic N) is 4. The Hall–Kier alpha value is -3.94. The first kappa shape index (κ1) is 22.8. The zero-order valence-electron chi connectivity index (χ0n) is 20.4. The quantitative estimate of drug-likeness (QED) is 0.390. The maximum Gasteiger partial charge on any atom is 0.225 e. The molecule has 3 heterocycles. The fraction of sp³-hybridized carbons (Fsp3) is 0.333. The number of hydrogen-bond donors (Lipinski definition) is 3. The second-order valence-corrected chi connectivity index (χ2v) is 9.23. The number of carbonyl (C=O) groups excluding carboxylic acids is 1. The molecule has 3 N–H and O–H groups in total. The molecule has 1 aliphatic heterocycles. The molecule has 0 spiro atoms. The van der Waals surface area contributed by atoms with Gasteiger partial charge in [0.1, 0.15) is 5.82 Å². The standard InChI is InChI=1S/C27H31N7O/c1-17-9-10-21(26(35)29-15-19-7-5-4-6-8-19)16-34(17)25-14-23(30-27(28-3)31-25)20-11-12-22-18(2)32-33-24(22)13-20/h4-8,11-14,17,21H,9-10,15-16H2,1-3H3,(H,29,35)(H,32,33)(H,28,30,31)/t17-,21+/m1/s1. The minimum absolute atomic E-state index is 0.0873. The summed E-state index contributed by atoms with van der Waals surface area (Å²) in [4.78, 5) is 24.7. The summed E-state index contributed by atoms with van der Waals surface area (Å²) >= 11 is 0. The van der Waals surface area contributed by atoms with Crippen LogP contribution in [0, 0.1) is 12.8 Å². The van der Waals surface area contributed by atoms with Gasteiger partial charge in [-0.05, 0) is 38.3 Å². The molecular formula is C27H31N7O. The highest BCUT2D eigenvalue weighted by Crippen LogP contribution is 2.31. The van der Waals surface area contributed by atoms with Crippen molar-refractivity contribution in [3.05, 3.63) is 65.9 Å². The molecule has 0 bridgehead atoms. The van der Waals surface area contributed by atoms with Gasteiger partial charge in [-0.25, -0.2) is 4.98 Å². The number of hydrogen-bond acceptors (Lipinski definition) is 6. The SMILES string of the molecule is CNc1nc(-c2ccc3c(C)n[nH]c3c2)cc(N2C[C@@H](C(=O)NCc3ccccc3)CC[C@H]2C)n1. The van der Waals surface area contributed by atoms with Crippen LogP contribution in [-0.4, -0.2) is 45.7 Å². The normalized spacial score (nSPS) is 18.0. The van der Waals surface area contributed by atoms with E-state index in [1.54, 1.807) is 0 Å². The van der Waals surface area contributed by atoms with Gasteiger partial charge in [0.05, 0.1) is 22.8 Å². The van der Waals surface area contributed by atoms with Crippen LogP contribution in [0.5, 0.6) is 0 Å². The lowest BCUT2D eigenvalue weighted by Crippen LogP contribution is -2.47. The molecule has 1 saturated heterocycles. The van der Waals surface area contributed by atoms with E-state index in [2.05, 4.69) is 50.9 Å². The Bertz CT molecular complexity index is 1330. The van der Waals surface area contributed by atoms with E-state index >= 15 is 0 Å². The lowest BCUT2D eigenvalue weighted by atomic mass is 9.92. The zero-order chi connectivity index (χ0) is 24.4. The molecule has 0 radical (unpaired) electrons. The Morgan fingerprint density at radius 1 is 1.11 bits per heavy atom. The van der Waals surface area contributed by atoms with E-state index in [4.69, 9.17) is 9.97 Å². The van der Waals surface area contributed by atoms with E-state index in [1.165, 1.54) is 0 Å². The van der Waals surface area contributed by atoms with Crippen molar-refractivity contribution < 1.29 is 4.79 Å². The van der Waals surface area contributed by atoms with E-state index < -0.39 is 0 Å². The number of aryl methyl sites for hydroxylation is 1. The van der Waals surface area contributed by atoms with Crippen molar-refractivity contribution in [2.24, 2.45) is 5.92 Å². The van der Waals surface area contributed by atoms with Gasteiger partial charge in [-0.15, -0.1) is 0 Å². The van der Waals surface area contributed by atoms with Gasteiger partial charge >= 0.3 is 0 Å². The number of fused-ring (bicyclic) bond motifs is 1. The Morgan fingerprint density at radius 3 is 2.74 bits per heavy atom. The predicted molar refractivity (Wildman–Crippen MR) is 139 cm³/mol. The average molecular weight is 470 g/mol. The summed E-state index contributed by atoms with van der Waals surface area (Å²) < 4.78 is 0. The highest BCUT2D eigenvalue weighted by atomic mass is 16.1. The lowest BCUT2D eigenvalue weighted by Gasteiger charge is -2.38. The Morgan fingerprint density at radius 2 is 1.94 bits per heavy atom. The molecule has 5 rings (SSSR count). The van der Waals surface area contributed by atoms with Crippen molar-refractivity contribution in [3.8, 4) is 11.3 Å². The summed E-state index contributed by atoms with van der Waals surface area (Å²) in [5, 5.41) is 14.7. The van der Waals surface area contributed by atoms with Gasteiger partial charge in [-0.2, -0.15) is 10.1 Å². The number of aromatic amines is 1. The van der Waals surface area contributed by atoms with Gasteiger partial charge in [-0.1, -0.05) is 42.5 Å². The van der Waals surface area contributed by atoms with Crippen molar-refractivity contribution in [3.63, 3.8) is 0 Å². The number of anilines is 2. The molecule has 1 aliphatic rings. The Balaban J connectivity index is 1.38. The summed E-state index contributed by atoms with van der Waals surface area (Å²) in [6, 6.07) is 18.5. The number of nitrogens with one attached hydrogen (secondary N) is 3. The number of H-pyrrole nitrogens is 1. The van der Waals surface area contributed by atoms with Crippen molar-refractivity contribution in [1.29, 1.82) is 0 Å². The van der Waals surface area contributed by atoms with Crippen LogP contribution < -0.4 is 15.5 Å². The molecule has 4 aromatic rings. The first-order valence-corrected chi connectivity index (χ1v) is 12.1. The van der Waals surface area contributed by atoms with Crippen LogP contribution in [0.3, 0.4) is 0 Å². The molecule has 0 aliphatic carbocycles. The summed E-state index contributed by atoms with van der Waals surface area (Å²) in [7, 11) is 1.82. The largest absolute Gasteiger partial charge is 0.357 e. The third-order valence-electron chi connectivity index (χ3n) is 6.84. The van der Waals surface area contributed by atoms with Gasteiger partial charge in [0, 0.05) is 43.2 Å². The van der Waals surface area contributed by atoms with E-state index in [0.29, 0.717) is 19.0 Å². The molecule has 2 aromatic heterocycles. The molecule has 8 nitrogen and oxygen atoms in total. The molecule has 0 unspecified atom stereocenters. The zero-order valence-corrected chi connectivity index (χ0v) is 20.4. The average Bonchev–Trinajstić information content (AvgIpc) is 3.27. The molecule has 8 heteroatoms. The van der Waals surface area contributed by atoms with Crippen LogP contribution >= 0.6 is 0 Å². The van der Waals surface area contributed by atoms with Crippen LogP contribution in [-0.2, 0) is 11.3 Å². The second-order valence-electron chi connectivity index (χ2n) is 9.23. The molecular weight excluding hydrogens is 438 g/mol. The van der Waals surface area contributed by atoms with Crippen molar-refractivity contribution >= 4 is 28.6 Å². The van der Waals surface area contributed by atoms with Crippen molar-refractivity contribution in [2.75, 3.05) is 23.8 Å². The first-order chi connectivity index (χ1) is 17.0. The van der Waals surface area contributed by atoms with Crippen LogP contribution in [0.2, 0.25) is 0 Å². The maximum atomic E-state index is 13.0. The molecule has 2 atom stereocenters. The van der Waals surface area contributed by atoms with Crippen molar-refractivity contribution in [2.45, 2.75) is 39.3 Å². The van der Waals surface area contributed by atoms with Crippen LogP contribution in [0.4, 0.5) is 11.8 Å². The van der Waals surface area contributed by atoms with Gasteiger partial charge in [0.2, 0.25) is 11.9 Å². The van der Waals surface area contributed by atoms with Gasteiger partial charge < -0.3 is 15.5 Å². The van der Waals surface area contributed by atoms with Crippen LogP contribution in [0.1, 0.15) is 31.0 Å². The highest BCUT2D eigenvalue weighted by Gasteiger charge is 2.31. The molecule has 35 heavy (non-hydrogen) atoms. The Kier molecular flexibility index (Phi) is 6.35. The minimum atomic E-state index is -0.0873. The lowest BCUT2D eigenvalue weighted by molar-refractivity contribution is -0.125. The monoisotopic (exact) mass is 469 g/mol. The van der Waals surface area contributed by atoms with Gasteiger partial charge in [-0.3, -0.25) is 9.89 Å². The van der Waals surface area contributed by atoms with Gasteiger partial charge in [0.15, 0.2) is 0 Å². The number of piperidine rings is 1. The fourth-order valence-electron chi connectivity index (χ4n) is 4.73. The molecule has 0 saturated carbocycles. The number of rotatable bonds is 6. The van der Waals surface area contributed by atoms with E-state index in [9.17, 15) is 4.79 Å². The predicted octanol–water partition coefficient (Wildman–Crippen LogP) is 4.29. The topological polar surface area (TPSA) is 98.8 Å². The summed E-state index contributed by atoms with van der Waals surface area (Å²) in [5.41, 5.74) is 4.88.